The van der Waals surface area contributed by atoms with E-state index in [4.69, 9.17) is 25.8 Å². The number of halogens is 1. The monoisotopic (exact) mass is 496 g/mol. The number of non-ortho nitro benzene ring substituents is 1. The number of piperidine rings is 1. The van der Waals surface area contributed by atoms with Crippen LogP contribution in [0.25, 0.3) is 0 Å². The highest BCUT2D eigenvalue weighted by Crippen LogP contribution is 2.33. The number of benzene rings is 2. The van der Waals surface area contributed by atoms with Crippen LogP contribution in [0.3, 0.4) is 0 Å². The molecule has 0 bridgehead atoms. The first-order valence-corrected chi connectivity index (χ1v) is 12.1. The van der Waals surface area contributed by atoms with Gasteiger partial charge in [-0.05, 0) is 31.0 Å². The average Bonchev–Trinajstić information content (AvgIpc) is 2.82. The van der Waals surface area contributed by atoms with E-state index in [1.54, 1.807) is 0 Å². The van der Waals surface area contributed by atoms with Crippen LogP contribution < -0.4 is 4.74 Å². The van der Waals surface area contributed by atoms with Gasteiger partial charge in [-0.25, -0.2) is 13.2 Å². The van der Waals surface area contributed by atoms with Gasteiger partial charge in [-0.15, -0.1) is 0 Å². The summed E-state index contributed by atoms with van der Waals surface area (Å²) in [5.74, 6) is -0.504. The molecule has 176 valence electrons. The Bertz CT molecular complexity index is 1190. The molecule has 0 saturated carbocycles. The van der Waals surface area contributed by atoms with E-state index >= 15 is 0 Å². The van der Waals surface area contributed by atoms with Crippen LogP contribution in [0, 0.1) is 10.1 Å². The lowest BCUT2D eigenvalue weighted by molar-refractivity contribution is -0.385. The summed E-state index contributed by atoms with van der Waals surface area (Å²) in [4.78, 5) is 23.4. The highest BCUT2D eigenvalue weighted by molar-refractivity contribution is 7.89. The van der Waals surface area contributed by atoms with E-state index in [9.17, 15) is 23.3 Å². The second-order valence-corrected chi connectivity index (χ2v) is 9.99. The third-order valence-electron chi connectivity index (χ3n) is 5.45. The highest BCUT2D eigenvalue weighted by Gasteiger charge is 2.28. The van der Waals surface area contributed by atoms with E-state index < -0.39 is 20.9 Å². The van der Waals surface area contributed by atoms with Crippen molar-refractivity contribution in [1.29, 1.82) is 0 Å². The number of fused-ring (bicyclic) bond motifs is 1. The first-order valence-electron chi connectivity index (χ1n) is 10.2. The minimum atomic E-state index is -3.77. The Labute approximate surface area is 195 Å². The van der Waals surface area contributed by atoms with Crippen LogP contribution in [0.2, 0.25) is 5.02 Å². The quantitative estimate of drug-likeness (QED) is 0.337. The lowest BCUT2D eigenvalue weighted by Crippen LogP contribution is -2.35. The molecule has 0 unspecified atom stereocenters. The van der Waals surface area contributed by atoms with Gasteiger partial charge in [0.05, 0.1) is 27.0 Å². The van der Waals surface area contributed by atoms with Gasteiger partial charge >= 0.3 is 5.97 Å². The van der Waals surface area contributed by atoms with Crippen molar-refractivity contribution in [2.45, 2.75) is 37.4 Å². The van der Waals surface area contributed by atoms with E-state index in [1.807, 2.05) is 0 Å². The normalized spacial score (nSPS) is 16.5. The molecule has 0 spiro atoms. The molecule has 1 saturated heterocycles. The predicted molar refractivity (Wildman–Crippen MR) is 117 cm³/mol. The van der Waals surface area contributed by atoms with E-state index in [0.29, 0.717) is 30.0 Å². The molecule has 0 amide bonds. The zero-order valence-corrected chi connectivity index (χ0v) is 19.1. The van der Waals surface area contributed by atoms with Crippen molar-refractivity contribution >= 4 is 33.3 Å². The first-order chi connectivity index (χ1) is 15.8. The van der Waals surface area contributed by atoms with Crippen molar-refractivity contribution < 1.29 is 32.3 Å². The molecule has 4 rings (SSSR count). The molecule has 2 aromatic carbocycles. The smallest absolute Gasteiger partial charge is 0.340 e. The lowest BCUT2D eigenvalue weighted by Gasteiger charge is -2.26. The minimum Gasteiger partial charge on any atom is -0.467 e. The molecule has 0 radical (unpaired) electrons. The maximum atomic E-state index is 13.0. The fraction of sp³-hybridized carbons (Fsp3) is 0.381. The number of sulfonamides is 1. The van der Waals surface area contributed by atoms with E-state index in [0.717, 1.165) is 19.3 Å². The van der Waals surface area contributed by atoms with Crippen molar-refractivity contribution in [3.8, 4) is 5.75 Å². The van der Waals surface area contributed by atoms with Gasteiger partial charge < -0.3 is 14.2 Å². The van der Waals surface area contributed by atoms with Crippen molar-refractivity contribution in [2.24, 2.45) is 0 Å². The van der Waals surface area contributed by atoms with Gasteiger partial charge in [0.25, 0.3) is 5.69 Å². The minimum absolute atomic E-state index is 0.0308. The molecule has 33 heavy (non-hydrogen) atoms. The second-order valence-electron chi connectivity index (χ2n) is 7.64. The number of ether oxygens (including phenoxy) is 3. The summed E-state index contributed by atoms with van der Waals surface area (Å²) in [7, 11) is -3.77. The third kappa shape index (κ3) is 4.96. The Balaban J connectivity index is 1.57. The molecular weight excluding hydrogens is 476 g/mol. The van der Waals surface area contributed by atoms with Crippen LogP contribution in [0.5, 0.6) is 5.75 Å². The highest BCUT2D eigenvalue weighted by atomic mass is 35.5. The van der Waals surface area contributed by atoms with Gasteiger partial charge in [0.1, 0.15) is 12.4 Å². The van der Waals surface area contributed by atoms with Crippen LogP contribution in [0.15, 0.2) is 35.2 Å². The number of esters is 1. The topological polar surface area (TPSA) is 125 Å². The van der Waals surface area contributed by atoms with Crippen LogP contribution >= 0.6 is 11.6 Å². The first kappa shape index (κ1) is 23.4. The molecule has 10 nitrogen and oxygen atoms in total. The SMILES string of the molecule is O=C(OCc1cc([N+](=O)[O-])cc2c1OCOC2)c1cc(S(=O)(=O)N2CCCCC2)ccc1Cl. The summed E-state index contributed by atoms with van der Waals surface area (Å²) >= 11 is 6.15. The Hall–Kier alpha value is -2.73. The Morgan fingerprint density at radius 2 is 1.94 bits per heavy atom. The number of nitrogens with zero attached hydrogens (tertiary/aromatic N) is 2. The maximum absolute atomic E-state index is 13.0. The zero-order chi connectivity index (χ0) is 23.6. The molecule has 1 fully saturated rings. The predicted octanol–water partition coefficient (Wildman–Crippen LogP) is 3.65. The molecule has 0 N–H and O–H groups in total. The van der Waals surface area contributed by atoms with Gasteiger partial charge in [0, 0.05) is 36.3 Å². The number of carbonyl (C=O) groups is 1. The summed E-state index contributed by atoms with van der Waals surface area (Å²) in [5, 5.41) is 11.3. The average molecular weight is 497 g/mol. The molecule has 2 aliphatic rings. The number of hydrogen-bond acceptors (Lipinski definition) is 8. The molecule has 2 aliphatic heterocycles. The zero-order valence-electron chi connectivity index (χ0n) is 17.5. The lowest BCUT2D eigenvalue weighted by atomic mass is 10.1. The molecule has 2 heterocycles. The van der Waals surface area contributed by atoms with Crippen molar-refractivity contribution in [2.75, 3.05) is 19.9 Å². The fourth-order valence-electron chi connectivity index (χ4n) is 3.79. The summed E-state index contributed by atoms with van der Waals surface area (Å²) in [6, 6.07) is 6.49. The van der Waals surface area contributed by atoms with Crippen LogP contribution in [-0.2, 0) is 32.7 Å². The number of nitro benzene ring substituents is 1. The molecule has 2 aromatic rings. The van der Waals surface area contributed by atoms with E-state index in [2.05, 4.69) is 0 Å². The number of carbonyl (C=O) groups excluding carboxylic acids is 1. The summed E-state index contributed by atoms with van der Waals surface area (Å²) in [6.07, 6.45) is 2.53. The molecular formula is C21H21ClN2O8S. The van der Waals surface area contributed by atoms with Crippen LogP contribution in [0.4, 0.5) is 5.69 Å². The van der Waals surface area contributed by atoms with Gasteiger partial charge in [-0.3, -0.25) is 10.1 Å². The standard InChI is InChI=1S/C21H21ClN2O8S/c22-19-5-4-17(33(28,29)23-6-2-1-3-7-23)10-18(19)21(25)31-12-15-9-16(24(26)27)8-14-11-30-13-32-20(14)15/h4-5,8-10H,1-3,6-7,11-13H2. The summed E-state index contributed by atoms with van der Waals surface area (Å²) < 4.78 is 43.2. The third-order valence-corrected chi connectivity index (χ3v) is 7.68. The Morgan fingerprint density at radius 3 is 2.67 bits per heavy atom. The molecule has 0 aliphatic carbocycles. The van der Waals surface area contributed by atoms with E-state index in [-0.39, 0.29) is 41.2 Å². The number of rotatable bonds is 6. The Kier molecular flexibility index (Phi) is 6.84. The molecule has 0 atom stereocenters. The van der Waals surface area contributed by atoms with Crippen LogP contribution in [0.1, 0.15) is 40.7 Å². The molecule has 12 heteroatoms. The molecule has 0 aromatic heterocycles. The second kappa shape index (κ2) is 9.64. The van der Waals surface area contributed by atoms with Gasteiger partial charge in [-0.1, -0.05) is 18.0 Å². The van der Waals surface area contributed by atoms with Gasteiger partial charge in [-0.2, -0.15) is 4.31 Å². The number of hydrogen-bond donors (Lipinski definition) is 0. The summed E-state index contributed by atoms with van der Waals surface area (Å²) in [6.45, 7) is 0.606. The Morgan fingerprint density at radius 1 is 1.18 bits per heavy atom. The maximum Gasteiger partial charge on any atom is 0.340 e. The van der Waals surface area contributed by atoms with Gasteiger partial charge in [0.15, 0.2) is 6.79 Å². The van der Waals surface area contributed by atoms with E-state index in [1.165, 1.54) is 34.6 Å². The van der Waals surface area contributed by atoms with Gasteiger partial charge in [0.2, 0.25) is 10.0 Å². The largest absolute Gasteiger partial charge is 0.467 e. The van der Waals surface area contributed by atoms with Crippen molar-refractivity contribution in [1.82, 2.24) is 4.31 Å². The van der Waals surface area contributed by atoms with Crippen molar-refractivity contribution in [3.63, 3.8) is 0 Å². The summed E-state index contributed by atoms with van der Waals surface area (Å²) in [5.41, 5.74) is 0.457. The number of nitro groups is 1. The van der Waals surface area contributed by atoms with Crippen molar-refractivity contribution in [3.05, 3.63) is 62.2 Å². The fourth-order valence-corrected chi connectivity index (χ4v) is 5.53. The van der Waals surface area contributed by atoms with Crippen LogP contribution in [-0.4, -0.2) is 43.5 Å².